The standard InChI is InChI=1S/C13H14F3N3O4S/c14-13(15,16)9(24-11(17)18)8(10(20)21)19-12(22)23-6-7-4-2-1-3-5-7/h1-5,8-9H,6H2,(H3,17,18)(H,19,22)(H,20,21). The number of hydrogen-bond acceptors (Lipinski definition) is 5. The first-order chi connectivity index (χ1) is 11.1. The van der Waals surface area contributed by atoms with Crippen molar-refractivity contribution >= 4 is 29.0 Å². The number of alkyl carbamates (subject to hydrolysis) is 1. The first kappa shape index (κ1) is 19.6. The number of nitrogens with one attached hydrogen (secondary N) is 2. The van der Waals surface area contributed by atoms with Gasteiger partial charge in [-0.1, -0.05) is 42.1 Å². The van der Waals surface area contributed by atoms with Gasteiger partial charge in [0.1, 0.15) is 11.9 Å². The Morgan fingerprint density at radius 1 is 1.33 bits per heavy atom. The minimum Gasteiger partial charge on any atom is -0.480 e. The molecule has 2 unspecified atom stereocenters. The summed E-state index contributed by atoms with van der Waals surface area (Å²) in [4.78, 5) is 22.7. The summed E-state index contributed by atoms with van der Waals surface area (Å²) in [6, 6.07) is 5.93. The normalized spacial score (nSPS) is 13.6. The molecule has 1 aromatic carbocycles. The number of hydrogen-bond donors (Lipinski definition) is 4. The summed E-state index contributed by atoms with van der Waals surface area (Å²) in [6.45, 7) is -0.241. The molecule has 24 heavy (non-hydrogen) atoms. The van der Waals surface area contributed by atoms with Crippen LogP contribution in [0.15, 0.2) is 30.3 Å². The Kier molecular flexibility index (Phi) is 6.89. The molecule has 0 aliphatic carbocycles. The van der Waals surface area contributed by atoms with Crippen molar-refractivity contribution < 1.29 is 32.6 Å². The zero-order valence-corrected chi connectivity index (χ0v) is 12.9. The number of carboxylic acids is 1. The van der Waals surface area contributed by atoms with Crippen molar-refractivity contribution in [3.8, 4) is 0 Å². The summed E-state index contributed by atoms with van der Waals surface area (Å²) >= 11 is -0.216. The number of carbonyl (C=O) groups excluding carboxylic acids is 1. The lowest BCUT2D eigenvalue weighted by Crippen LogP contribution is -2.53. The molecule has 5 N–H and O–H groups in total. The quantitative estimate of drug-likeness (QED) is 0.451. The van der Waals surface area contributed by atoms with Crippen molar-refractivity contribution in [1.82, 2.24) is 5.32 Å². The van der Waals surface area contributed by atoms with E-state index >= 15 is 0 Å². The van der Waals surface area contributed by atoms with E-state index in [9.17, 15) is 22.8 Å². The maximum absolute atomic E-state index is 13.0. The number of amidine groups is 1. The second kappa shape index (κ2) is 8.43. The summed E-state index contributed by atoms with van der Waals surface area (Å²) < 4.78 is 43.6. The van der Waals surface area contributed by atoms with Crippen molar-refractivity contribution in [1.29, 1.82) is 5.41 Å². The number of carboxylic acid groups (broad SMARTS) is 1. The monoisotopic (exact) mass is 365 g/mol. The van der Waals surface area contributed by atoms with E-state index in [2.05, 4.69) is 0 Å². The van der Waals surface area contributed by atoms with Gasteiger partial charge in [0.2, 0.25) is 0 Å². The summed E-state index contributed by atoms with van der Waals surface area (Å²) in [7, 11) is 0. The molecular weight excluding hydrogens is 351 g/mol. The number of rotatable bonds is 6. The molecule has 1 rings (SSSR count). The van der Waals surface area contributed by atoms with E-state index < -0.39 is 34.7 Å². The lowest BCUT2D eigenvalue weighted by molar-refractivity contribution is -0.154. The van der Waals surface area contributed by atoms with Crippen LogP contribution in [-0.4, -0.2) is 39.8 Å². The number of alkyl halides is 3. The Labute approximate surface area is 138 Å². The van der Waals surface area contributed by atoms with Gasteiger partial charge < -0.3 is 20.9 Å². The fraction of sp³-hybridized carbons (Fsp3) is 0.308. The molecule has 11 heteroatoms. The SMILES string of the molecule is N=C(N)SC(C(NC(=O)OCc1ccccc1)C(=O)O)C(F)(F)F. The van der Waals surface area contributed by atoms with Gasteiger partial charge in [-0.05, 0) is 5.56 Å². The van der Waals surface area contributed by atoms with Crippen LogP contribution in [0.3, 0.4) is 0 Å². The molecule has 0 aliphatic heterocycles. The first-order valence-electron chi connectivity index (χ1n) is 6.38. The van der Waals surface area contributed by atoms with Crippen LogP contribution < -0.4 is 11.1 Å². The number of amides is 1. The average Bonchev–Trinajstić information content (AvgIpc) is 2.48. The highest BCUT2D eigenvalue weighted by Gasteiger charge is 2.49. The molecule has 0 aromatic heterocycles. The summed E-state index contributed by atoms with van der Waals surface area (Å²) in [5.41, 5.74) is 5.48. The van der Waals surface area contributed by atoms with Gasteiger partial charge in [0.15, 0.2) is 11.2 Å². The molecule has 0 spiro atoms. The van der Waals surface area contributed by atoms with Gasteiger partial charge >= 0.3 is 18.2 Å². The predicted octanol–water partition coefficient (Wildman–Crippen LogP) is 1.92. The molecule has 0 aliphatic rings. The summed E-state index contributed by atoms with van der Waals surface area (Å²) in [5.74, 6) is -1.93. The van der Waals surface area contributed by atoms with E-state index in [0.29, 0.717) is 5.56 Å². The van der Waals surface area contributed by atoms with Crippen molar-refractivity contribution in [3.63, 3.8) is 0 Å². The molecule has 0 saturated heterocycles. The molecule has 7 nitrogen and oxygen atoms in total. The van der Waals surface area contributed by atoms with Crippen LogP contribution in [-0.2, 0) is 16.1 Å². The average molecular weight is 365 g/mol. The maximum atomic E-state index is 13.0. The van der Waals surface area contributed by atoms with Gasteiger partial charge in [-0.2, -0.15) is 13.2 Å². The molecular formula is C13H14F3N3O4S. The van der Waals surface area contributed by atoms with Crippen LogP contribution in [0.4, 0.5) is 18.0 Å². The molecule has 0 fully saturated rings. The molecule has 1 aromatic rings. The maximum Gasteiger partial charge on any atom is 0.408 e. The third kappa shape index (κ3) is 6.36. The number of thioether (sulfide) groups is 1. The van der Waals surface area contributed by atoms with E-state index in [-0.39, 0.29) is 18.4 Å². The Morgan fingerprint density at radius 3 is 2.38 bits per heavy atom. The van der Waals surface area contributed by atoms with Crippen molar-refractivity contribution in [2.24, 2.45) is 5.73 Å². The minimum absolute atomic E-state index is 0.216. The van der Waals surface area contributed by atoms with Crippen LogP contribution in [0.2, 0.25) is 0 Å². The molecule has 0 saturated carbocycles. The van der Waals surface area contributed by atoms with E-state index in [1.807, 2.05) is 0 Å². The minimum atomic E-state index is -5.01. The van der Waals surface area contributed by atoms with Crippen LogP contribution >= 0.6 is 11.8 Å². The van der Waals surface area contributed by atoms with E-state index in [1.54, 1.807) is 35.6 Å². The number of aliphatic carboxylic acids is 1. The molecule has 0 heterocycles. The van der Waals surface area contributed by atoms with E-state index in [1.165, 1.54) is 0 Å². The molecule has 0 bridgehead atoms. The zero-order chi connectivity index (χ0) is 18.3. The van der Waals surface area contributed by atoms with Gasteiger partial charge in [0.05, 0.1) is 0 Å². The number of ether oxygens (including phenoxy) is 1. The van der Waals surface area contributed by atoms with Crippen molar-refractivity contribution in [2.75, 3.05) is 0 Å². The van der Waals surface area contributed by atoms with Crippen LogP contribution in [0.5, 0.6) is 0 Å². The first-order valence-corrected chi connectivity index (χ1v) is 7.26. The molecule has 0 radical (unpaired) electrons. The third-order valence-electron chi connectivity index (χ3n) is 2.63. The fourth-order valence-corrected chi connectivity index (χ4v) is 2.35. The van der Waals surface area contributed by atoms with Gasteiger partial charge in [-0.15, -0.1) is 0 Å². The zero-order valence-electron chi connectivity index (χ0n) is 12.0. The second-order valence-electron chi connectivity index (χ2n) is 4.47. The largest absolute Gasteiger partial charge is 0.480 e. The highest BCUT2D eigenvalue weighted by Crippen LogP contribution is 2.33. The van der Waals surface area contributed by atoms with Crippen LogP contribution in [0.1, 0.15) is 5.56 Å². The fourth-order valence-electron chi connectivity index (χ4n) is 1.62. The van der Waals surface area contributed by atoms with Gasteiger partial charge in [0, 0.05) is 0 Å². The van der Waals surface area contributed by atoms with Crippen molar-refractivity contribution in [3.05, 3.63) is 35.9 Å². The Balaban J connectivity index is 2.77. The number of halogens is 3. The molecule has 1 amide bonds. The number of carbonyl (C=O) groups is 2. The lowest BCUT2D eigenvalue weighted by Gasteiger charge is -2.25. The number of benzene rings is 1. The lowest BCUT2D eigenvalue weighted by atomic mass is 10.2. The van der Waals surface area contributed by atoms with Gasteiger partial charge in [0.25, 0.3) is 0 Å². The Hall–Kier alpha value is -2.43. The highest BCUT2D eigenvalue weighted by atomic mass is 32.2. The van der Waals surface area contributed by atoms with Gasteiger partial charge in [-0.25, -0.2) is 9.59 Å². The topological polar surface area (TPSA) is 126 Å². The Bertz CT molecular complexity index is 598. The third-order valence-corrected chi connectivity index (χ3v) is 3.68. The van der Waals surface area contributed by atoms with E-state index in [4.69, 9.17) is 21.0 Å². The summed E-state index contributed by atoms with van der Waals surface area (Å²) in [6.07, 6.45) is -6.34. The Morgan fingerprint density at radius 2 is 1.92 bits per heavy atom. The van der Waals surface area contributed by atoms with Gasteiger partial charge in [-0.3, -0.25) is 5.41 Å². The highest BCUT2D eigenvalue weighted by molar-refractivity contribution is 8.14. The molecule has 132 valence electrons. The molecule has 2 atom stereocenters. The van der Waals surface area contributed by atoms with E-state index in [0.717, 1.165) is 0 Å². The summed E-state index contributed by atoms with van der Waals surface area (Å²) in [5, 5.41) is 14.0. The second-order valence-corrected chi connectivity index (χ2v) is 5.65. The van der Waals surface area contributed by atoms with Crippen LogP contribution in [0.25, 0.3) is 0 Å². The smallest absolute Gasteiger partial charge is 0.408 e. The predicted molar refractivity (Wildman–Crippen MR) is 80.5 cm³/mol. The van der Waals surface area contributed by atoms with Crippen molar-refractivity contribution in [2.45, 2.75) is 24.1 Å². The van der Waals surface area contributed by atoms with Crippen LogP contribution in [0, 0.1) is 5.41 Å². The number of nitrogens with two attached hydrogens (primary N) is 1.